The first kappa shape index (κ1) is 17.7. The van der Waals surface area contributed by atoms with Gasteiger partial charge in [0.05, 0.1) is 11.9 Å². The van der Waals surface area contributed by atoms with Crippen LogP contribution in [-0.4, -0.2) is 32.7 Å². The minimum absolute atomic E-state index is 0.105. The summed E-state index contributed by atoms with van der Waals surface area (Å²) in [5, 5.41) is 2.93. The zero-order valence-electron chi connectivity index (χ0n) is 13.5. The Morgan fingerprint density at radius 1 is 1.22 bits per heavy atom. The van der Waals surface area contributed by atoms with Crippen molar-refractivity contribution in [1.82, 2.24) is 5.32 Å². The van der Waals surface area contributed by atoms with E-state index in [2.05, 4.69) is 5.32 Å². The van der Waals surface area contributed by atoms with E-state index in [0.29, 0.717) is 0 Å². The molecule has 0 aromatic heterocycles. The molecule has 1 amide bonds. The highest BCUT2D eigenvalue weighted by molar-refractivity contribution is 7.92. The quantitative estimate of drug-likeness (QED) is 0.894. The van der Waals surface area contributed by atoms with Crippen LogP contribution in [0.4, 0.5) is 10.1 Å². The predicted octanol–water partition coefficient (Wildman–Crippen LogP) is 2.43. The third kappa shape index (κ3) is 4.67. The van der Waals surface area contributed by atoms with Gasteiger partial charge in [0, 0.05) is 6.04 Å². The third-order valence-electron chi connectivity index (χ3n) is 4.12. The van der Waals surface area contributed by atoms with E-state index < -0.39 is 21.9 Å². The topological polar surface area (TPSA) is 66.5 Å². The monoisotopic (exact) mass is 342 g/mol. The minimum Gasteiger partial charge on any atom is -0.352 e. The molecule has 2 rings (SSSR count). The zero-order chi connectivity index (χ0) is 17.0. The van der Waals surface area contributed by atoms with E-state index >= 15 is 0 Å². The number of halogens is 1. The van der Waals surface area contributed by atoms with Crippen LogP contribution < -0.4 is 9.62 Å². The van der Waals surface area contributed by atoms with E-state index in [1.165, 1.54) is 30.7 Å². The number of hydrogen-bond acceptors (Lipinski definition) is 3. The Bertz CT molecular complexity index is 640. The van der Waals surface area contributed by atoms with Crippen molar-refractivity contribution in [2.75, 3.05) is 10.6 Å². The molecule has 1 aliphatic rings. The summed E-state index contributed by atoms with van der Waals surface area (Å²) in [6.45, 7) is 1.54. The standard InChI is InChI=1S/C16H23FN2O3S/c1-12(16(20)18-14-6-4-3-5-7-14)19(23(2,21)22)15-10-8-13(17)9-11-15/h8-12,14H,3-7H2,1-2H3,(H,18,20)/t12-/m1/s1. The fraction of sp³-hybridized carbons (Fsp3) is 0.562. The van der Waals surface area contributed by atoms with Crippen LogP contribution in [0.5, 0.6) is 0 Å². The summed E-state index contributed by atoms with van der Waals surface area (Å²) in [4.78, 5) is 12.4. The number of nitrogens with one attached hydrogen (secondary N) is 1. The van der Waals surface area contributed by atoms with Gasteiger partial charge in [0.25, 0.3) is 0 Å². The summed E-state index contributed by atoms with van der Waals surface area (Å²) in [6.07, 6.45) is 6.22. The zero-order valence-corrected chi connectivity index (χ0v) is 14.3. The van der Waals surface area contributed by atoms with Crippen molar-refractivity contribution in [3.05, 3.63) is 30.1 Å². The van der Waals surface area contributed by atoms with Crippen molar-refractivity contribution in [3.8, 4) is 0 Å². The lowest BCUT2D eigenvalue weighted by atomic mass is 9.95. The Hall–Kier alpha value is -1.63. The molecule has 1 aromatic carbocycles. The number of carbonyl (C=O) groups excluding carboxylic acids is 1. The van der Waals surface area contributed by atoms with Gasteiger partial charge < -0.3 is 5.32 Å². The fourth-order valence-electron chi connectivity index (χ4n) is 2.97. The van der Waals surface area contributed by atoms with Gasteiger partial charge >= 0.3 is 0 Å². The maximum atomic E-state index is 13.1. The van der Waals surface area contributed by atoms with Crippen LogP contribution in [0.25, 0.3) is 0 Å². The molecule has 1 N–H and O–H groups in total. The number of benzene rings is 1. The molecular weight excluding hydrogens is 319 g/mol. The van der Waals surface area contributed by atoms with Crippen molar-refractivity contribution in [1.29, 1.82) is 0 Å². The predicted molar refractivity (Wildman–Crippen MR) is 88.2 cm³/mol. The van der Waals surface area contributed by atoms with Gasteiger partial charge in [-0.1, -0.05) is 19.3 Å². The van der Waals surface area contributed by atoms with Crippen LogP contribution in [-0.2, 0) is 14.8 Å². The summed E-state index contributed by atoms with van der Waals surface area (Å²) in [6, 6.07) is 4.30. The van der Waals surface area contributed by atoms with Crippen molar-refractivity contribution >= 4 is 21.6 Å². The highest BCUT2D eigenvalue weighted by Crippen LogP contribution is 2.22. The number of nitrogens with zero attached hydrogens (tertiary/aromatic N) is 1. The van der Waals surface area contributed by atoms with Crippen LogP contribution in [0.2, 0.25) is 0 Å². The van der Waals surface area contributed by atoms with E-state index in [0.717, 1.165) is 36.2 Å². The summed E-state index contributed by atoms with van der Waals surface area (Å²) >= 11 is 0. The highest BCUT2D eigenvalue weighted by atomic mass is 32.2. The van der Waals surface area contributed by atoms with Gasteiger partial charge in [-0.25, -0.2) is 12.8 Å². The summed E-state index contributed by atoms with van der Waals surface area (Å²) in [5.41, 5.74) is 0.278. The van der Waals surface area contributed by atoms with Gasteiger partial charge in [-0.05, 0) is 44.0 Å². The number of amides is 1. The Morgan fingerprint density at radius 2 is 1.78 bits per heavy atom. The number of sulfonamides is 1. The van der Waals surface area contributed by atoms with Crippen LogP contribution >= 0.6 is 0 Å². The molecule has 0 spiro atoms. The first-order valence-electron chi connectivity index (χ1n) is 7.84. The number of carbonyl (C=O) groups is 1. The molecule has 0 bridgehead atoms. The third-order valence-corrected chi connectivity index (χ3v) is 5.36. The largest absolute Gasteiger partial charge is 0.352 e. The number of anilines is 1. The molecular formula is C16H23FN2O3S. The maximum Gasteiger partial charge on any atom is 0.243 e. The van der Waals surface area contributed by atoms with Crippen molar-refractivity contribution in [3.63, 3.8) is 0 Å². The summed E-state index contributed by atoms with van der Waals surface area (Å²) < 4.78 is 38.3. The van der Waals surface area contributed by atoms with Crippen molar-refractivity contribution < 1.29 is 17.6 Å². The van der Waals surface area contributed by atoms with E-state index in [1.54, 1.807) is 6.92 Å². The molecule has 7 heteroatoms. The van der Waals surface area contributed by atoms with Gasteiger partial charge in [-0.15, -0.1) is 0 Å². The van der Waals surface area contributed by atoms with Crippen LogP contribution in [0.3, 0.4) is 0 Å². The smallest absolute Gasteiger partial charge is 0.243 e. The van der Waals surface area contributed by atoms with Gasteiger partial charge in [0.15, 0.2) is 0 Å². The number of hydrogen-bond donors (Lipinski definition) is 1. The van der Waals surface area contributed by atoms with E-state index in [-0.39, 0.29) is 17.6 Å². The minimum atomic E-state index is -3.67. The van der Waals surface area contributed by atoms with Gasteiger partial charge in [0.1, 0.15) is 11.9 Å². The lowest BCUT2D eigenvalue weighted by Crippen LogP contribution is -2.50. The molecule has 0 aliphatic heterocycles. The Kier molecular flexibility index (Phi) is 5.62. The molecule has 5 nitrogen and oxygen atoms in total. The maximum absolute atomic E-state index is 13.1. The van der Waals surface area contributed by atoms with Crippen molar-refractivity contribution in [2.24, 2.45) is 0 Å². The van der Waals surface area contributed by atoms with Crippen molar-refractivity contribution in [2.45, 2.75) is 51.1 Å². The molecule has 1 fully saturated rings. The second kappa shape index (κ2) is 7.29. The molecule has 0 radical (unpaired) electrons. The fourth-order valence-corrected chi connectivity index (χ4v) is 4.14. The molecule has 1 aliphatic carbocycles. The number of rotatable bonds is 5. The summed E-state index contributed by atoms with van der Waals surface area (Å²) in [5.74, 6) is -0.784. The molecule has 1 saturated carbocycles. The van der Waals surface area contributed by atoms with Gasteiger partial charge in [0.2, 0.25) is 15.9 Å². The first-order chi connectivity index (χ1) is 10.8. The first-order valence-corrected chi connectivity index (χ1v) is 9.69. The van der Waals surface area contributed by atoms with Crippen LogP contribution in [0, 0.1) is 5.82 Å². The van der Waals surface area contributed by atoms with E-state index in [9.17, 15) is 17.6 Å². The second-order valence-electron chi connectivity index (χ2n) is 6.05. The Balaban J connectivity index is 2.17. The normalized spacial score (nSPS) is 17.5. The van der Waals surface area contributed by atoms with E-state index in [4.69, 9.17) is 0 Å². The summed E-state index contributed by atoms with van der Waals surface area (Å²) in [7, 11) is -3.67. The Labute approximate surface area is 136 Å². The van der Waals surface area contributed by atoms with Gasteiger partial charge in [-0.2, -0.15) is 0 Å². The lowest BCUT2D eigenvalue weighted by Gasteiger charge is -2.30. The van der Waals surface area contributed by atoms with Crippen LogP contribution in [0.1, 0.15) is 39.0 Å². The molecule has 128 valence electrons. The van der Waals surface area contributed by atoms with Gasteiger partial charge in [-0.3, -0.25) is 9.10 Å². The average molecular weight is 342 g/mol. The molecule has 0 saturated heterocycles. The molecule has 0 heterocycles. The highest BCUT2D eigenvalue weighted by Gasteiger charge is 2.30. The molecule has 0 unspecified atom stereocenters. The Morgan fingerprint density at radius 3 is 2.30 bits per heavy atom. The average Bonchev–Trinajstić information content (AvgIpc) is 2.49. The molecule has 23 heavy (non-hydrogen) atoms. The second-order valence-corrected chi connectivity index (χ2v) is 7.91. The lowest BCUT2D eigenvalue weighted by molar-refractivity contribution is -0.122. The molecule has 1 atom stereocenters. The van der Waals surface area contributed by atoms with E-state index in [1.807, 2.05) is 0 Å². The van der Waals surface area contributed by atoms with Crippen LogP contribution in [0.15, 0.2) is 24.3 Å². The molecule has 1 aromatic rings. The SMILES string of the molecule is C[C@H](C(=O)NC1CCCCC1)N(c1ccc(F)cc1)S(C)(=O)=O.